The van der Waals surface area contributed by atoms with Crippen molar-refractivity contribution in [1.82, 2.24) is 14.5 Å². The lowest BCUT2D eigenvalue weighted by molar-refractivity contribution is -0.995. The minimum atomic E-state index is -0.734. The van der Waals surface area contributed by atoms with E-state index in [1.165, 1.54) is 49.9 Å². The number of rotatable bonds is 2. The van der Waals surface area contributed by atoms with Crippen LogP contribution in [0.25, 0.3) is 33.3 Å². The second-order valence-electron chi connectivity index (χ2n) is 12.4. The monoisotopic (exact) mass is 577 g/mol. The van der Waals surface area contributed by atoms with Crippen molar-refractivity contribution in [3.8, 4) is 23.0 Å². The summed E-state index contributed by atoms with van der Waals surface area (Å²) in [5.74, 6) is 2.90. The highest BCUT2D eigenvalue weighted by atomic mass is 16.5. The van der Waals surface area contributed by atoms with Crippen molar-refractivity contribution in [2.24, 2.45) is 0 Å². The highest BCUT2D eigenvalue weighted by Gasteiger charge is 2.67. The van der Waals surface area contributed by atoms with Crippen LogP contribution in [-0.2, 0) is 11.1 Å². The van der Waals surface area contributed by atoms with Crippen LogP contribution in [-0.4, -0.2) is 14.5 Å². The Labute approximate surface area is 257 Å². The molecular formula is C39H23N5O+2. The van der Waals surface area contributed by atoms with Crippen LogP contribution in [0.3, 0.4) is 0 Å². The van der Waals surface area contributed by atoms with Crippen molar-refractivity contribution < 1.29 is 14.0 Å². The van der Waals surface area contributed by atoms with E-state index in [1.807, 2.05) is 11.0 Å². The Morgan fingerprint density at radius 2 is 1.33 bits per heavy atom. The molecule has 0 N–H and O–H groups in total. The highest BCUT2D eigenvalue weighted by Crippen LogP contribution is 2.59. The van der Waals surface area contributed by atoms with Crippen LogP contribution in [0, 0.1) is 0 Å². The van der Waals surface area contributed by atoms with Gasteiger partial charge in [-0.3, -0.25) is 0 Å². The summed E-state index contributed by atoms with van der Waals surface area (Å²) in [6.45, 7) is 0. The van der Waals surface area contributed by atoms with Gasteiger partial charge in [0.05, 0.1) is 17.2 Å². The molecule has 7 heterocycles. The Bertz CT molecular complexity index is 2600. The van der Waals surface area contributed by atoms with Gasteiger partial charge in [-0.15, -0.1) is 4.68 Å². The first kappa shape index (κ1) is 22.5. The maximum absolute atomic E-state index is 6.79. The molecule has 45 heavy (non-hydrogen) atoms. The van der Waals surface area contributed by atoms with Crippen LogP contribution >= 0.6 is 0 Å². The third-order valence-electron chi connectivity index (χ3n) is 10.7. The zero-order valence-corrected chi connectivity index (χ0v) is 23.9. The molecule has 0 radical (unpaired) electrons. The topological polar surface area (TPSA) is 39.7 Å². The Kier molecular flexibility index (Phi) is 3.60. The summed E-state index contributed by atoms with van der Waals surface area (Å²) in [5, 5.41) is 7.32. The molecule has 208 valence electrons. The summed E-state index contributed by atoms with van der Waals surface area (Å²) < 4.78 is 14.1. The summed E-state index contributed by atoms with van der Waals surface area (Å²) in [7, 11) is 0. The number of benzene rings is 5. The molecule has 0 bridgehead atoms. The number of nitrogens with zero attached hydrogens (tertiary/aromatic N) is 5. The third kappa shape index (κ3) is 2.16. The quantitative estimate of drug-likeness (QED) is 0.227. The fraction of sp³-hybridized carbons (Fsp3) is 0.0513. The zero-order chi connectivity index (χ0) is 29.1. The minimum absolute atomic E-state index is 0.557. The number of fused-ring (bicyclic) bond motifs is 3. The third-order valence-corrected chi connectivity index (χ3v) is 10.7. The normalized spacial score (nSPS) is 18.2. The van der Waals surface area contributed by atoms with Gasteiger partial charge < -0.3 is 4.74 Å². The molecule has 6 heteroatoms. The molecule has 0 amide bonds. The number of pyridine rings is 1. The van der Waals surface area contributed by atoms with E-state index in [1.54, 1.807) is 0 Å². The second-order valence-corrected chi connectivity index (χ2v) is 12.4. The molecule has 0 saturated heterocycles. The molecule has 0 saturated carbocycles. The van der Waals surface area contributed by atoms with Gasteiger partial charge in [0.2, 0.25) is 6.20 Å². The standard InChI is InChI=1S/C39H23N5O/c1-3-10-24(11-4-1)38(25-12-5-2-6-13-25)28-15-7-14-26-27-19-20-32-34-36(27)43(35(26)28)37-29(38)16-9-22-41(37)39(34)33-30(17-8-18-31(33)45-32)44-40-21-23-42(39)44/h1-23H/q+2. The first-order chi connectivity index (χ1) is 22.3. The summed E-state index contributed by atoms with van der Waals surface area (Å²) in [6, 6.07) is 44.2. The van der Waals surface area contributed by atoms with Crippen LogP contribution in [0.1, 0.15) is 33.4 Å². The molecule has 8 aromatic rings. The van der Waals surface area contributed by atoms with Crippen LogP contribution in [0.4, 0.5) is 0 Å². The molecule has 1 atom stereocenters. The fourth-order valence-corrected chi connectivity index (χ4v) is 9.31. The number of para-hydroxylation sites is 1. The lowest BCUT2D eigenvalue weighted by Crippen LogP contribution is -2.77. The molecule has 5 aromatic carbocycles. The molecule has 1 spiro atoms. The van der Waals surface area contributed by atoms with E-state index < -0.39 is 11.1 Å². The first-order valence-corrected chi connectivity index (χ1v) is 15.4. The Morgan fingerprint density at radius 1 is 0.600 bits per heavy atom. The summed E-state index contributed by atoms with van der Waals surface area (Å²) in [4.78, 5) is 2.04. The van der Waals surface area contributed by atoms with Gasteiger partial charge in [-0.05, 0) is 58.4 Å². The Hall–Kier alpha value is -6.01. The molecular weight excluding hydrogens is 554 g/mol. The number of hydrogen-bond donors (Lipinski definition) is 0. The van der Waals surface area contributed by atoms with Crippen molar-refractivity contribution >= 4 is 21.8 Å². The molecule has 12 rings (SSSR count). The smallest absolute Gasteiger partial charge is 0.337 e. The van der Waals surface area contributed by atoms with Gasteiger partial charge in [-0.25, -0.2) is 0 Å². The van der Waals surface area contributed by atoms with Crippen LogP contribution in [0.2, 0.25) is 0 Å². The van der Waals surface area contributed by atoms with Crippen molar-refractivity contribution in [2.75, 3.05) is 0 Å². The molecule has 4 aliphatic heterocycles. The molecule has 0 fully saturated rings. The van der Waals surface area contributed by atoms with Crippen LogP contribution in [0.5, 0.6) is 11.5 Å². The zero-order valence-electron chi connectivity index (χ0n) is 23.9. The van der Waals surface area contributed by atoms with E-state index >= 15 is 0 Å². The van der Waals surface area contributed by atoms with E-state index in [4.69, 9.17) is 9.84 Å². The first-order valence-electron chi connectivity index (χ1n) is 15.4. The van der Waals surface area contributed by atoms with Gasteiger partial charge in [0.1, 0.15) is 33.8 Å². The average Bonchev–Trinajstić information content (AvgIpc) is 3.79. The van der Waals surface area contributed by atoms with Crippen molar-refractivity contribution in [3.05, 3.63) is 173 Å². The Balaban J connectivity index is 1.41. The molecule has 4 aliphatic rings. The predicted molar refractivity (Wildman–Crippen MR) is 168 cm³/mol. The lowest BCUT2D eigenvalue weighted by atomic mass is 9.63. The average molecular weight is 578 g/mol. The summed E-state index contributed by atoms with van der Waals surface area (Å²) >= 11 is 0. The molecule has 0 aliphatic carbocycles. The molecule has 3 aromatic heterocycles. The van der Waals surface area contributed by atoms with E-state index in [9.17, 15) is 0 Å². The van der Waals surface area contributed by atoms with E-state index in [0.29, 0.717) is 0 Å². The van der Waals surface area contributed by atoms with Gasteiger partial charge in [-0.1, -0.05) is 78.9 Å². The predicted octanol–water partition coefficient (Wildman–Crippen LogP) is 6.27. The van der Waals surface area contributed by atoms with Crippen molar-refractivity contribution in [3.63, 3.8) is 0 Å². The van der Waals surface area contributed by atoms with Crippen molar-refractivity contribution in [1.29, 1.82) is 0 Å². The van der Waals surface area contributed by atoms with Gasteiger partial charge in [0.25, 0.3) is 5.82 Å². The minimum Gasteiger partial charge on any atom is -0.456 e. The summed E-state index contributed by atoms with van der Waals surface area (Å²) in [5.41, 5.74) is 9.46. The lowest BCUT2D eigenvalue weighted by Gasteiger charge is -2.42. The van der Waals surface area contributed by atoms with Gasteiger partial charge in [0, 0.05) is 21.4 Å². The van der Waals surface area contributed by atoms with Gasteiger partial charge in [-0.2, -0.15) is 9.13 Å². The van der Waals surface area contributed by atoms with Gasteiger partial charge >= 0.3 is 5.66 Å². The fourth-order valence-electron chi connectivity index (χ4n) is 9.31. The van der Waals surface area contributed by atoms with Crippen LogP contribution in [0.15, 0.2) is 140 Å². The Morgan fingerprint density at radius 3 is 2.16 bits per heavy atom. The van der Waals surface area contributed by atoms with Crippen molar-refractivity contribution in [2.45, 2.75) is 11.1 Å². The number of ether oxygens (including phenoxy) is 1. The van der Waals surface area contributed by atoms with Gasteiger partial charge in [0.15, 0.2) is 11.7 Å². The maximum Gasteiger partial charge on any atom is 0.337 e. The maximum atomic E-state index is 6.79. The largest absolute Gasteiger partial charge is 0.456 e. The number of hydrogen-bond acceptors (Lipinski definition) is 2. The second kappa shape index (κ2) is 7.20. The van der Waals surface area contributed by atoms with E-state index in [-0.39, 0.29) is 0 Å². The van der Waals surface area contributed by atoms with E-state index in [0.717, 1.165) is 28.3 Å². The SMILES string of the molecule is c1ccc(C2(c3ccccc3)c3ccc[n+]4c3-n3c5c2cccc5c2ccc5c(c23)C42c3c(cccc3-n3ncc[n+]32)O5)cc1. The van der Waals surface area contributed by atoms with E-state index in [2.05, 4.69) is 148 Å². The molecule has 1 unspecified atom stereocenters. The van der Waals surface area contributed by atoms with Crippen LogP contribution < -0.4 is 14.0 Å². The number of aromatic nitrogens is 5. The highest BCUT2D eigenvalue weighted by molar-refractivity contribution is 6.14. The molecule has 6 nitrogen and oxygen atoms in total. The summed E-state index contributed by atoms with van der Waals surface area (Å²) in [6.07, 6.45) is 6.26.